The fourth-order valence-corrected chi connectivity index (χ4v) is 3.34. The van der Waals surface area contributed by atoms with Gasteiger partial charge in [0.25, 0.3) is 5.91 Å². The lowest BCUT2D eigenvalue weighted by Gasteiger charge is -2.09. The Morgan fingerprint density at radius 2 is 1.85 bits per heavy atom. The molecule has 0 aliphatic carbocycles. The van der Waals surface area contributed by atoms with E-state index in [0.29, 0.717) is 17.1 Å². The number of nitrogens with one attached hydrogen (secondary N) is 1. The third kappa shape index (κ3) is 3.75. The van der Waals surface area contributed by atoms with Gasteiger partial charge in [-0.25, -0.2) is 5.43 Å². The summed E-state index contributed by atoms with van der Waals surface area (Å²) in [5.74, 6) is 1.02. The number of nitrogens with zero attached hydrogens (tertiary/aromatic N) is 2. The molecule has 0 saturated carbocycles. The smallest absolute Gasteiger partial charge is 0.274 e. The number of rotatable bonds is 4. The lowest BCUT2D eigenvalue weighted by molar-refractivity contribution is 0.0953. The number of carbonyl (C=O) groups is 1. The summed E-state index contributed by atoms with van der Waals surface area (Å²) in [5, 5.41) is 4.11. The van der Waals surface area contributed by atoms with Gasteiger partial charge in [0.2, 0.25) is 0 Å². The maximum Gasteiger partial charge on any atom is 0.274 e. The molecule has 1 N–H and O–H groups in total. The van der Waals surface area contributed by atoms with Crippen molar-refractivity contribution in [3.63, 3.8) is 0 Å². The normalized spacial score (nSPS) is 11.3. The van der Waals surface area contributed by atoms with Crippen LogP contribution in [0.4, 0.5) is 0 Å². The highest BCUT2D eigenvalue weighted by Crippen LogP contribution is 2.20. The van der Waals surface area contributed by atoms with Crippen molar-refractivity contribution >= 4 is 34.7 Å². The first-order chi connectivity index (χ1) is 12.4. The number of hydrogen-bond donors (Lipinski definition) is 1. The van der Waals surface area contributed by atoms with E-state index in [4.69, 9.17) is 4.42 Å². The molecule has 1 amide bonds. The Morgan fingerprint density at radius 1 is 1.15 bits per heavy atom. The molecule has 2 heterocycles. The van der Waals surface area contributed by atoms with E-state index < -0.39 is 0 Å². The van der Waals surface area contributed by atoms with Gasteiger partial charge in [0.15, 0.2) is 0 Å². The molecule has 5 nitrogen and oxygen atoms in total. The average molecular weight is 461 g/mol. The highest BCUT2D eigenvalue weighted by atomic mass is 127. The zero-order valence-electron chi connectivity index (χ0n) is 15.1. The molecule has 26 heavy (non-hydrogen) atoms. The quantitative estimate of drug-likeness (QED) is 0.349. The Bertz CT molecular complexity index is 981. The van der Waals surface area contributed by atoms with Crippen LogP contribution in [-0.2, 0) is 0 Å². The van der Waals surface area contributed by atoms with E-state index in [1.807, 2.05) is 13.8 Å². The first-order valence-electron chi connectivity index (χ1n) is 8.22. The van der Waals surface area contributed by atoms with Crippen molar-refractivity contribution in [1.29, 1.82) is 0 Å². The van der Waals surface area contributed by atoms with Gasteiger partial charge in [-0.3, -0.25) is 4.79 Å². The van der Waals surface area contributed by atoms with Gasteiger partial charge in [0.05, 0.1) is 11.8 Å². The zero-order valence-corrected chi connectivity index (χ0v) is 17.3. The molecule has 0 aliphatic heterocycles. The van der Waals surface area contributed by atoms with Gasteiger partial charge in [0.1, 0.15) is 11.5 Å². The first-order valence-corrected chi connectivity index (χ1v) is 9.30. The lowest BCUT2D eigenvalue weighted by Crippen LogP contribution is -2.17. The van der Waals surface area contributed by atoms with E-state index in [1.165, 1.54) is 3.57 Å². The van der Waals surface area contributed by atoms with Crippen molar-refractivity contribution in [2.75, 3.05) is 0 Å². The Hall–Kier alpha value is -2.35. The van der Waals surface area contributed by atoms with Gasteiger partial charge < -0.3 is 8.98 Å². The number of hydrazone groups is 1. The third-order valence-corrected chi connectivity index (χ3v) is 4.93. The molecule has 6 heteroatoms. The number of halogens is 1. The van der Waals surface area contributed by atoms with E-state index in [0.717, 1.165) is 22.6 Å². The molecule has 0 saturated heterocycles. The Balaban J connectivity index is 1.79. The second-order valence-corrected chi connectivity index (χ2v) is 7.41. The molecule has 0 spiro atoms. The predicted octanol–water partition coefficient (Wildman–Crippen LogP) is 4.67. The number of carbonyl (C=O) groups excluding carboxylic acids is 1. The van der Waals surface area contributed by atoms with Crippen LogP contribution in [0.15, 0.2) is 45.9 Å². The van der Waals surface area contributed by atoms with Crippen molar-refractivity contribution in [2.24, 2.45) is 5.10 Å². The summed E-state index contributed by atoms with van der Waals surface area (Å²) >= 11 is 2.29. The summed E-state index contributed by atoms with van der Waals surface area (Å²) in [4.78, 5) is 12.2. The first kappa shape index (κ1) is 18.4. The molecule has 0 fully saturated rings. The predicted molar refractivity (Wildman–Crippen MR) is 111 cm³/mol. The van der Waals surface area contributed by atoms with Crippen LogP contribution < -0.4 is 5.43 Å². The van der Waals surface area contributed by atoms with Crippen molar-refractivity contribution in [3.05, 3.63) is 74.0 Å². The number of aryl methyl sites for hydroxylation is 3. The minimum atomic E-state index is -0.276. The molecule has 0 atom stereocenters. The van der Waals surface area contributed by atoms with E-state index >= 15 is 0 Å². The number of aromatic nitrogens is 1. The van der Waals surface area contributed by atoms with Gasteiger partial charge in [-0.15, -0.1) is 0 Å². The van der Waals surface area contributed by atoms with Crippen LogP contribution in [-0.4, -0.2) is 16.7 Å². The molecule has 0 bridgehead atoms. The van der Waals surface area contributed by atoms with Crippen molar-refractivity contribution in [3.8, 4) is 5.69 Å². The number of furan rings is 1. The van der Waals surface area contributed by atoms with Gasteiger partial charge >= 0.3 is 0 Å². The highest BCUT2D eigenvalue weighted by molar-refractivity contribution is 14.1. The second kappa shape index (κ2) is 7.49. The summed E-state index contributed by atoms with van der Waals surface area (Å²) in [6.45, 7) is 7.67. The van der Waals surface area contributed by atoms with E-state index in [2.05, 4.69) is 74.9 Å². The molecule has 0 unspecified atom stereocenters. The van der Waals surface area contributed by atoms with Gasteiger partial charge in [-0.05, 0) is 86.7 Å². The topological polar surface area (TPSA) is 59.5 Å². The largest absolute Gasteiger partial charge is 0.466 e. The summed E-state index contributed by atoms with van der Waals surface area (Å²) < 4.78 is 8.75. The maximum absolute atomic E-state index is 12.2. The standard InChI is InChI=1S/C20H20IN3O2/c1-12-9-16(14(3)24(12)18-7-5-17(21)6-8-18)11-22-23-20(25)19-10-13(2)26-15(19)4/h5-11H,1-4H3,(H,23,25)/b22-11+. The summed E-state index contributed by atoms with van der Waals surface area (Å²) in [6.07, 6.45) is 1.67. The highest BCUT2D eigenvalue weighted by Gasteiger charge is 2.13. The second-order valence-electron chi connectivity index (χ2n) is 6.16. The molecule has 2 aromatic heterocycles. The summed E-state index contributed by atoms with van der Waals surface area (Å²) in [6, 6.07) is 12.1. The van der Waals surface area contributed by atoms with Crippen LogP contribution in [0.25, 0.3) is 5.69 Å². The van der Waals surface area contributed by atoms with E-state index in [-0.39, 0.29) is 5.91 Å². The molecule has 134 valence electrons. The molecular formula is C20H20IN3O2. The number of amides is 1. The third-order valence-electron chi connectivity index (χ3n) is 4.21. The SMILES string of the molecule is Cc1cc(C(=O)N/N=C/c2cc(C)n(-c3ccc(I)cc3)c2C)c(C)o1. The molecule has 0 radical (unpaired) electrons. The average Bonchev–Trinajstić information content (AvgIpc) is 3.07. The molecule has 1 aromatic carbocycles. The minimum Gasteiger partial charge on any atom is -0.466 e. The number of benzene rings is 1. The van der Waals surface area contributed by atoms with Crippen LogP contribution in [0, 0.1) is 31.3 Å². The Kier molecular flexibility index (Phi) is 5.31. The van der Waals surface area contributed by atoms with Crippen molar-refractivity contribution < 1.29 is 9.21 Å². The van der Waals surface area contributed by atoms with Crippen LogP contribution in [0.2, 0.25) is 0 Å². The lowest BCUT2D eigenvalue weighted by atomic mass is 10.2. The molecular weight excluding hydrogens is 441 g/mol. The van der Waals surface area contributed by atoms with Crippen LogP contribution in [0.5, 0.6) is 0 Å². The van der Waals surface area contributed by atoms with Gasteiger partial charge in [0, 0.05) is 26.2 Å². The van der Waals surface area contributed by atoms with Crippen molar-refractivity contribution in [1.82, 2.24) is 9.99 Å². The van der Waals surface area contributed by atoms with Gasteiger partial charge in [-0.1, -0.05) is 0 Å². The Labute approximate surface area is 166 Å². The van der Waals surface area contributed by atoms with E-state index in [1.54, 1.807) is 19.2 Å². The van der Waals surface area contributed by atoms with Crippen molar-refractivity contribution in [2.45, 2.75) is 27.7 Å². The monoisotopic (exact) mass is 461 g/mol. The molecule has 3 aromatic rings. The van der Waals surface area contributed by atoms with Crippen LogP contribution in [0.3, 0.4) is 0 Å². The Morgan fingerprint density at radius 3 is 2.46 bits per heavy atom. The summed E-state index contributed by atoms with van der Waals surface area (Å²) in [5.41, 5.74) is 7.31. The summed E-state index contributed by atoms with van der Waals surface area (Å²) in [7, 11) is 0. The fourth-order valence-electron chi connectivity index (χ4n) is 2.98. The molecule has 3 rings (SSSR count). The van der Waals surface area contributed by atoms with Crippen LogP contribution >= 0.6 is 22.6 Å². The minimum absolute atomic E-state index is 0.276. The van der Waals surface area contributed by atoms with Crippen LogP contribution in [0.1, 0.15) is 38.8 Å². The molecule has 0 aliphatic rings. The fraction of sp³-hybridized carbons (Fsp3) is 0.200. The van der Waals surface area contributed by atoms with E-state index in [9.17, 15) is 4.79 Å². The zero-order chi connectivity index (χ0) is 18.8. The van der Waals surface area contributed by atoms with Gasteiger partial charge in [-0.2, -0.15) is 5.10 Å². The number of hydrogen-bond acceptors (Lipinski definition) is 3. The maximum atomic E-state index is 12.2.